The van der Waals surface area contributed by atoms with Crippen LogP contribution in [0.5, 0.6) is 5.75 Å². The molecule has 0 heterocycles. The summed E-state index contributed by atoms with van der Waals surface area (Å²) >= 11 is 3.25. The normalized spacial score (nSPS) is 12.3. The number of ether oxygens (including phenoxy) is 1. The van der Waals surface area contributed by atoms with Crippen molar-refractivity contribution < 1.29 is 18.3 Å². The fourth-order valence-corrected chi connectivity index (χ4v) is 1.95. The molecular weight excluding hydrogens is 334 g/mol. The van der Waals surface area contributed by atoms with Crippen LogP contribution in [0.1, 0.15) is 25.3 Å². The smallest absolute Gasteiger partial charge is 0.387 e. The predicted molar refractivity (Wildman–Crippen MR) is 75.5 cm³/mol. The van der Waals surface area contributed by atoms with Crippen LogP contribution in [-0.2, 0) is 11.3 Å². The van der Waals surface area contributed by atoms with E-state index < -0.39 is 6.61 Å². The molecule has 0 saturated heterocycles. The van der Waals surface area contributed by atoms with Crippen molar-refractivity contribution in [3.05, 3.63) is 28.2 Å². The Morgan fingerprint density at radius 2 is 2.20 bits per heavy atom. The molecule has 1 aromatic rings. The molecule has 0 aliphatic carbocycles. The van der Waals surface area contributed by atoms with Gasteiger partial charge in [0.2, 0.25) is 5.91 Å². The van der Waals surface area contributed by atoms with Gasteiger partial charge in [-0.1, -0.05) is 15.9 Å². The van der Waals surface area contributed by atoms with E-state index in [1.807, 2.05) is 6.92 Å². The predicted octanol–water partition coefficient (Wildman–Crippen LogP) is 2.79. The van der Waals surface area contributed by atoms with Crippen molar-refractivity contribution in [2.24, 2.45) is 5.73 Å². The first kappa shape index (κ1) is 16.8. The molecule has 1 amide bonds. The third kappa shape index (κ3) is 6.29. The topological polar surface area (TPSA) is 64.4 Å². The number of carbonyl (C=O) groups is 1. The highest BCUT2D eigenvalue weighted by Crippen LogP contribution is 2.24. The average Bonchev–Trinajstić information content (AvgIpc) is 2.36. The Bertz CT molecular complexity index is 456. The molecule has 1 rings (SSSR count). The van der Waals surface area contributed by atoms with E-state index in [0.29, 0.717) is 18.4 Å². The van der Waals surface area contributed by atoms with Crippen LogP contribution < -0.4 is 15.8 Å². The highest BCUT2D eigenvalue weighted by atomic mass is 79.9. The van der Waals surface area contributed by atoms with E-state index in [9.17, 15) is 13.6 Å². The number of halogens is 3. The van der Waals surface area contributed by atoms with Crippen molar-refractivity contribution in [3.8, 4) is 5.75 Å². The maximum absolute atomic E-state index is 12.3. The highest BCUT2D eigenvalue weighted by molar-refractivity contribution is 9.10. The first-order chi connectivity index (χ1) is 9.38. The largest absolute Gasteiger partial charge is 0.434 e. The number of hydrogen-bond acceptors (Lipinski definition) is 3. The molecule has 0 aliphatic rings. The minimum absolute atomic E-state index is 0.0515. The summed E-state index contributed by atoms with van der Waals surface area (Å²) in [6.07, 6.45) is 0.876. The second kappa shape index (κ2) is 8.16. The van der Waals surface area contributed by atoms with E-state index >= 15 is 0 Å². The fourth-order valence-electron chi connectivity index (χ4n) is 1.54. The summed E-state index contributed by atoms with van der Waals surface area (Å²) < 4.78 is 29.7. The van der Waals surface area contributed by atoms with Gasteiger partial charge in [0.15, 0.2) is 0 Å². The van der Waals surface area contributed by atoms with Gasteiger partial charge in [0.1, 0.15) is 5.75 Å². The molecule has 0 spiro atoms. The molecule has 4 nitrogen and oxygen atoms in total. The van der Waals surface area contributed by atoms with E-state index in [0.717, 1.165) is 4.47 Å². The molecule has 20 heavy (non-hydrogen) atoms. The average molecular weight is 351 g/mol. The first-order valence-electron chi connectivity index (χ1n) is 6.14. The van der Waals surface area contributed by atoms with Gasteiger partial charge in [-0.25, -0.2) is 0 Å². The lowest BCUT2D eigenvalue weighted by atomic mass is 10.1. The minimum Gasteiger partial charge on any atom is -0.434 e. The molecule has 0 radical (unpaired) electrons. The van der Waals surface area contributed by atoms with Crippen LogP contribution in [0.15, 0.2) is 22.7 Å². The van der Waals surface area contributed by atoms with Gasteiger partial charge in [-0.2, -0.15) is 8.78 Å². The third-order valence-electron chi connectivity index (χ3n) is 2.54. The van der Waals surface area contributed by atoms with Crippen LogP contribution >= 0.6 is 15.9 Å². The summed E-state index contributed by atoms with van der Waals surface area (Å²) in [5.74, 6) is -0.124. The quantitative estimate of drug-likeness (QED) is 0.794. The van der Waals surface area contributed by atoms with Crippen molar-refractivity contribution in [2.45, 2.75) is 39.0 Å². The van der Waals surface area contributed by atoms with Crippen molar-refractivity contribution in [1.82, 2.24) is 5.32 Å². The zero-order chi connectivity index (χ0) is 15.1. The molecule has 3 N–H and O–H groups in total. The van der Waals surface area contributed by atoms with Gasteiger partial charge in [0, 0.05) is 29.0 Å². The molecule has 1 aromatic carbocycles. The molecule has 1 atom stereocenters. The number of rotatable bonds is 7. The lowest BCUT2D eigenvalue weighted by Crippen LogP contribution is -2.25. The number of benzene rings is 1. The van der Waals surface area contributed by atoms with Crippen LogP contribution in [0, 0.1) is 0 Å². The summed E-state index contributed by atoms with van der Waals surface area (Å²) in [4.78, 5) is 11.6. The van der Waals surface area contributed by atoms with E-state index in [1.165, 1.54) is 6.07 Å². The summed E-state index contributed by atoms with van der Waals surface area (Å²) in [6.45, 7) is -0.959. The van der Waals surface area contributed by atoms with Gasteiger partial charge in [-0.3, -0.25) is 4.79 Å². The second-order valence-electron chi connectivity index (χ2n) is 4.42. The summed E-state index contributed by atoms with van der Waals surface area (Å²) in [7, 11) is 0. The van der Waals surface area contributed by atoms with Crippen molar-refractivity contribution >= 4 is 21.8 Å². The number of carbonyl (C=O) groups excluding carboxylic acids is 1. The molecule has 0 saturated carbocycles. The van der Waals surface area contributed by atoms with Gasteiger partial charge in [-0.05, 0) is 31.5 Å². The molecule has 0 aromatic heterocycles. The molecule has 0 aliphatic heterocycles. The first-order valence-corrected chi connectivity index (χ1v) is 6.93. The molecule has 0 bridgehead atoms. The fraction of sp³-hybridized carbons (Fsp3) is 0.462. The van der Waals surface area contributed by atoms with Gasteiger partial charge in [0.25, 0.3) is 0 Å². The Balaban J connectivity index is 2.61. The van der Waals surface area contributed by atoms with Gasteiger partial charge >= 0.3 is 6.61 Å². The molecular formula is C13H17BrF2N2O2. The standard InChI is InChI=1S/C13H17BrF2N2O2/c1-8(17)2-5-12(19)18-7-9-6-10(14)3-4-11(9)20-13(15)16/h3-4,6,8,13H,2,5,7,17H2,1H3,(H,18,19). The lowest BCUT2D eigenvalue weighted by Gasteiger charge is -2.12. The number of amides is 1. The summed E-state index contributed by atoms with van der Waals surface area (Å²) in [5.41, 5.74) is 6.04. The minimum atomic E-state index is -2.90. The Hall–Kier alpha value is -1.21. The van der Waals surface area contributed by atoms with Crippen LogP contribution in [0.25, 0.3) is 0 Å². The van der Waals surface area contributed by atoms with Crippen molar-refractivity contribution in [1.29, 1.82) is 0 Å². The summed E-state index contributed by atoms with van der Waals surface area (Å²) in [5, 5.41) is 2.65. The number of alkyl halides is 2. The molecule has 0 fully saturated rings. The van der Waals surface area contributed by atoms with E-state index in [1.54, 1.807) is 12.1 Å². The monoisotopic (exact) mass is 350 g/mol. The van der Waals surface area contributed by atoms with E-state index in [-0.39, 0.29) is 24.2 Å². The number of nitrogens with one attached hydrogen (secondary N) is 1. The van der Waals surface area contributed by atoms with Crippen LogP contribution in [0.2, 0.25) is 0 Å². The highest BCUT2D eigenvalue weighted by Gasteiger charge is 2.11. The molecule has 7 heteroatoms. The maximum Gasteiger partial charge on any atom is 0.387 e. The SMILES string of the molecule is CC(N)CCC(=O)NCc1cc(Br)ccc1OC(F)F. The van der Waals surface area contributed by atoms with E-state index in [4.69, 9.17) is 5.73 Å². The Morgan fingerprint density at radius 3 is 2.80 bits per heavy atom. The van der Waals surface area contributed by atoms with E-state index in [2.05, 4.69) is 26.0 Å². The van der Waals surface area contributed by atoms with Crippen LogP contribution in [0.4, 0.5) is 8.78 Å². The number of hydrogen-bond donors (Lipinski definition) is 2. The van der Waals surface area contributed by atoms with Gasteiger partial charge < -0.3 is 15.8 Å². The van der Waals surface area contributed by atoms with Gasteiger partial charge in [0.05, 0.1) is 0 Å². The zero-order valence-corrected chi connectivity index (χ0v) is 12.6. The third-order valence-corrected chi connectivity index (χ3v) is 3.03. The summed E-state index contributed by atoms with van der Waals surface area (Å²) in [6, 6.07) is 4.60. The zero-order valence-electron chi connectivity index (χ0n) is 11.0. The van der Waals surface area contributed by atoms with Crippen molar-refractivity contribution in [3.63, 3.8) is 0 Å². The van der Waals surface area contributed by atoms with Crippen molar-refractivity contribution in [2.75, 3.05) is 0 Å². The lowest BCUT2D eigenvalue weighted by molar-refractivity contribution is -0.121. The Labute approximate surface area is 124 Å². The Morgan fingerprint density at radius 1 is 1.50 bits per heavy atom. The van der Waals surface area contributed by atoms with Crippen LogP contribution in [-0.4, -0.2) is 18.6 Å². The molecule has 1 unspecified atom stereocenters. The van der Waals surface area contributed by atoms with Gasteiger partial charge in [-0.15, -0.1) is 0 Å². The maximum atomic E-state index is 12.3. The Kier molecular flexibility index (Phi) is 6.87. The number of nitrogens with two attached hydrogens (primary N) is 1. The second-order valence-corrected chi connectivity index (χ2v) is 5.34. The van der Waals surface area contributed by atoms with Crippen LogP contribution in [0.3, 0.4) is 0 Å². The molecule has 112 valence electrons.